The number of rotatable bonds is 10. The van der Waals surface area contributed by atoms with E-state index in [0.717, 1.165) is 17.7 Å². The Morgan fingerprint density at radius 1 is 1.40 bits per heavy atom. The van der Waals surface area contributed by atoms with Crippen LogP contribution in [0.15, 0.2) is 21.9 Å². The van der Waals surface area contributed by atoms with E-state index in [2.05, 4.69) is 25.9 Å². The molecule has 8 N–H and O–H groups in total. The fraction of sp³-hybridized carbons (Fsp3) is 0.588. The Labute approximate surface area is 179 Å². The number of carbonyl (C=O) groups is 2. The lowest BCUT2D eigenvalue weighted by molar-refractivity contribution is -0.141. The van der Waals surface area contributed by atoms with Gasteiger partial charge in [-0.25, -0.2) is 19.5 Å². The minimum absolute atomic E-state index is 0.0694. The predicted molar refractivity (Wildman–Crippen MR) is 115 cm³/mol. The molecule has 2 rings (SSSR count). The number of nitrogens with zero attached hydrogens (tertiary/aromatic N) is 3. The summed E-state index contributed by atoms with van der Waals surface area (Å²) in [5.74, 6) is -1.21. The fourth-order valence-corrected chi connectivity index (χ4v) is 3.05. The summed E-state index contributed by atoms with van der Waals surface area (Å²) in [5, 5.41) is 18.9. The topological polar surface area (TPSA) is 180 Å². The van der Waals surface area contributed by atoms with Crippen molar-refractivity contribution in [1.82, 2.24) is 20.9 Å². The predicted octanol–water partition coefficient (Wildman–Crippen LogP) is -0.274. The van der Waals surface area contributed by atoms with Crippen LogP contribution in [0.25, 0.3) is 0 Å². The molecule has 30 heavy (non-hydrogen) atoms. The standard InChI is InChI=1S/C17H28N8O4S/c1-2-3-4-8-29-17(28)25(11(13(26)27)6-5-7-20-14(18)19)15-22-10-9-21-16(30)24-12(10)23-15/h9,11-12H,2-8H2,1H3,(H,22,23)(H,26,27)(H4,18,19,20)(H2,21,24,30)/t11-,12?/m0/s1. The van der Waals surface area contributed by atoms with Crippen molar-refractivity contribution in [3.63, 3.8) is 0 Å². The Morgan fingerprint density at radius 2 is 2.17 bits per heavy atom. The first-order valence-electron chi connectivity index (χ1n) is 9.69. The van der Waals surface area contributed by atoms with E-state index in [9.17, 15) is 14.7 Å². The van der Waals surface area contributed by atoms with Gasteiger partial charge in [0.05, 0.1) is 12.3 Å². The van der Waals surface area contributed by atoms with E-state index in [1.165, 1.54) is 0 Å². The molecule has 1 amide bonds. The molecule has 166 valence electrons. The number of thiocarbonyl (C=S) groups is 1. The lowest BCUT2D eigenvalue weighted by atomic mass is 10.1. The third kappa shape index (κ3) is 6.47. The normalized spacial score (nSPS) is 17.9. The molecule has 0 saturated heterocycles. The number of carboxylic acid groups (broad SMARTS) is 1. The summed E-state index contributed by atoms with van der Waals surface area (Å²) >= 11 is 5.06. The van der Waals surface area contributed by atoms with Crippen LogP contribution in [0.2, 0.25) is 0 Å². The van der Waals surface area contributed by atoms with Gasteiger partial charge in [-0.2, -0.15) is 0 Å². The zero-order valence-electron chi connectivity index (χ0n) is 16.8. The highest BCUT2D eigenvalue weighted by atomic mass is 32.1. The van der Waals surface area contributed by atoms with E-state index < -0.39 is 24.3 Å². The molecule has 0 saturated carbocycles. The van der Waals surface area contributed by atoms with Crippen molar-refractivity contribution in [2.24, 2.45) is 21.5 Å². The highest BCUT2D eigenvalue weighted by Crippen LogP contribution is 2.18. The molecule has 2 atom stereocenters. The molecule has 13 heteroatoms. The molecule has 0 bridgehead atoms. The summed E-state index contributed by atoms with van der Waals surface area (Å²) in [4.78, 5) is 34.1. The molecule has 0 radical (unpaired) electrons. The number of guanidine groups is 2. The van der Waals surface area contributed by atoms with E-state index >= 15 is 0 Å². The van der Waals surface area contributed by atoms with Crippen LogP contribution in [-0.2, 0) is 9.53 Å². The highest BCUT2D eigenvalue weighted by molar-refractivity contribution is 7.80. The van der Waals surface area contributed by atoms with Crippen molar-refractivity contribution >= 4 is 41.3 Å². The maximum absolute atomic E-state index is 12.8. The number of nitrogens with two attached hydrogens (primary N) is 2. The van der Waals surface area contributed by atoms with Crippen LogP contribution in [0.4, 0.5) is 4.79 Å². The molecular weight excluding hydrogens is 412 g/mol. The molecule has 2 aliphatic rings. The minimum Gasteiger partial charge on any atom is -0.480 e. The molecule has 2 heterocycles. The number of ether oxygens (including phenoxy) is 1. The second kappa shape index (κ2) is 11.2. The second-order valence-electron chi connectivity index (χ2n) is 6.69. The van der Waals surface area contributed by atoms with Gasteiger partial charge in [0.2, 0.25) is 5.96 Å². The fourth-order valence-electron chi connectivity index (χ4n) is 2.88. The molecule has 1 unspecified atom stereocenters. The molecular formula is C17H28N8O4S. The summed E-state index contributed by atoms with van der Waals surface area (Å²) in [6.45, 7) is 2.45. The van der Waals surface area contributed by atoms with E-state index in [4.69, 9.17) is 28.4 Å². The van der Waals surface area contributed by atoms with Gasteiger partial charge in [-0.3, -0.25) is 4.99 Å². The summed E-state index contributed by atoms with van der Waals surface area (Å²) < 4.78 is 5.32. The first-order valence-corrected chi connectivity index (χ1v) is 10.1. The Hall–Kier alpha value is -3.09. The van der Waals surface area contributed by atoms with Gasteiger partial charge < -0.3 is 37.3 Å². The molecule has 12 nitrogen and oxygen atoms in total. The van der Waals surface area contributed by atoms with Crippen LogP contribution < -0.4 is 27.4 Å². The molecule has 0 aromatic carbocycles. The maximum Gasteiger partial charge on any atom is 0.417 e. The van der Waals surface area contributed by atoms with Gasteiger partial charge in [0.1, 0.15) is 6.04 Å². The number of fused-ring (bicyclic) bond motifs is 1. The van der Waals surface area contributed by atoms with E-state index in [-0.39, 0.29) is 31.5 Å². The largest absolute Gasteiger partial charge is 0.480 e. The van der Waals surface area contributed by atoms with Crippen LogP contribution in [-0.4, -0.2) is 64.5 Å². The number of amides is 1. The third-order valence-electron chi connectivity index (χ3n) is 4.35. The Kier molecular flexibility index (Phi) is 8.65. The van der Waals surface area contributed by atoms with E-state index in [1.54, 1.807) is 6.20 Å². The Morgan fingerprint density at radius 3 is 2.83 bits per heavy atom. The molecule has 0 aliphatic carbocycles. The van der Waals surface area contributed by atoms with Gasteiger partial charge in [0, 0.05) is 12.7 Å². The Balaban J connectivity index is 2.19. The van der Waals surface area contributed by atoms with Crippen LogP contribution >= 0.6 is 12.2 Å². The minimum atomic E-state index is -1.22. The van der Waals surface area contributed by atoms with Crippen LogP contribution in [0.3, 0.4) is 0 Å². The number of unbranched alkanes of at least 4 members (excludes halogenated alkanes) is 2. The second-order valence-corrected chi connectivity index (χ2v) is 7.10. The van der Waals surface area contributed by atoms with Crippen molar-refractivity contribution in [2.45, 2.75) is 51.2 Å². The van der Waals surface area contributed by atoms with Gasteiger partial charge in [-0.15, -0.1) is 0 Å². The number of hydrogen-bond donors (Lipinski definition) is 6. The monoisotopic (exact) mass is 440 g/mol. The molecule has 0 aromatic heterocycles. The van der Waals surface area contributed by atoms with Crippen molar-refractivity contribution in [3.05, 3.63) is 11.9 Å². The van der Waals surface area contributed by atoms with Crippen LogP contribution in [0.1, 0.15) is 39.0 Å². The number of carbonyl (C=O) groups excluding carboxylic acids is 1. The van der Waals surface area contributed by atoms with Crippen molar-refractivity contribution < 1.29 is 19.4 Å². The quantitative estimate of drug-likeness (QED) is 0.114. The van der Waals surface area contributed by atoms with Gasteiger partial charge in [0.25, 0.3) is 0 Å². The number of nitrogens with one attached hydrogen (secondary N) is 3. The number of aliphatic imine (C=N–C) groups is 2. The maximum atomic E-state index is 12.8. The van der Waals surface area contributed by atoms with Crippen molar-refractivity contribution in [3.8, 4) is 0 Å². The van der Waals surface area contributed by atoms with Crippen molar-refractivity contribution in [2.75, 3.05) is 13.2 Å². The summed E-state index contributed by atoms with van der Waals surface area (Å²) in [5.41, 5.74) is 11.2. The number of aliphatic carboxylic acids is 1. The molecule has 0 fully saturated rings. The van der Waals surface area contributed by atoms with Crippen LogP contribution in [0, 0.1) is 0 Å². The zero-order chi connectivity index (χ0) is 22.1. The van der Waals surface area contributed by atoms with Crippen LogP contribution in [0.5, 0.6) is 0 Å². The zero-order valence-corrected chi connectivity index (χ0v) is 17.6. The van der Waals surface area contributed by atoms with E-state index in [0.29, 0.717) is 23.7 Å². The van der Waals surface area contributed by atoms with E-state index in [1.807, 2.05) is 6.92 Å². The molecule has 0 aromatic rings. The SMILES string of the molecule is CCCCCOC(=O)N(C1=NC2NC(=S)NC=C2N1)[C@@H](CCCN=C(N)N)C(=O)O. The highest BCUT2D eigenvalue weighted by Gasteiger charge is 2.39. The smallest absolute Gasteiger partial charge is 0.417 e. The lowest BCUT2D eigenvalue weighted by Gasteiger charge is -2.27. The number of hydrogen-bond acceptors (Lipinski definition) is 7. The molecule has 2 aliphatic heterocycles. The average Bonchev–Trinajstić information content (AvgIpc) is 3.09. The summed E-state index contributed by atoms with van der Waals surface area (Å²) in [6.07, 6.45) is 3.27. The lowest BCUT2D eigenvalue weighted by Crippen LogP contribution is -2.52. The first kappa shape index (κ1) is 23.2. The number of carboxylic acids is 1. The average molecular weight is 441 g/mol. The van der Waals surface area contributed by atoms with Crippen molar-refractivity contribution in [1.29, 1.82) is 0 Å². The molecule has 0 spiro atoms. The summed E-state index contributed by atoms with van der Waals surface area (Å²) in [6, 6.07) is -1.22. The first-order chi connectivity index (χ1) is 14.3. The van der Waals surface area contributed by atoms with Gasteiger partial charge in [-0.1, -0.05) is 19.8 Å². The van der Waals surface area contributed by atoms with Gasteiger partial charge in [-0.05, 0) is 31.5 Å². The summed E-state index contributed by atoms with van der Waals surface area (Å²) in [7, 11) is 0. The van der Waals surface area contributed by atoms with Gasteiger partial charge in [0.15, 0.2) is 17.2 Å². The third-order valence-corrected chi connectivity index (χ3v) is 4.59. The van der Waals surface area contributed by atoms with Gasteiger partial charge >= 0.3 is 12.1 Å². The Bertz CT molecular complexity index is 750.